The fraction of sp³-hybridized carbons (Fsp3) is 0.350. The van der Waals surface area contributed by atoms with Crippen molar-refractivity contribution in [1.82, 2.24) is 10.6 Å². The predicted octanol–water partition coefficient (Wildman–Crippen LogP) is 1.99. The van der Waals surface area contributed by atoms with Gasteiger partial charge in [-0.1, -0.05) is 42.5 Å². The molecule has 5 nitrogen and oxygen atoms in total. The summed E-state index contributed by atoms with van der Waals surface area (Å²) < 4.78 is 5.60. The highest BCUT2D eigenvalue weighted by molar-refractivity contribution is 5.78. The number of carbonyl (C=O) groups excluding carboxylic acids is 1. The number of ether oxygens (including phenoxy) is 1. The molecule has 0 bridgehead atoms. The van der Waals surface area contributed by atoms with Gasteiger partial charge in [0.05, 0.1) is 25.2 Å². The second-order valence-corrected chi connectivity index (χ2v) is 6.22. The normalized spacial score (nSPS) is 13.1. The lowest BCUT2D eigenvalue weighted by Crippen LogP contribution is -2.48. The highest BCUT2D eigenvalue weighted by Gasteiger charge is 2.25. The first-order chi connectivity index (χ1) is 12.0. The molecule has 5 heteroatoms. The van der Waals surface area contributed by atoms with E-state index in [1.807, 2.05) is 68.4 Å². The summed E-state index contributed by atoms with van der Waals surface area (Å²) in [5.41, 5.74) is 1.42. The van der Waals surface area contributed by atoms with Crippen LogP contribution in [0.4, 0.5) is 0 Å². The lowest BCUT2D eigenvalue weighted by Gasteiger charge is -2.29. The number of nitrogens with one attached hydrogen (secondary N) is 2. The van der Waals surface area contributed by atoms with Gasteiger partial charge in [-0.3, -0.25) is 10.1 Å². The van der Waals surface area contributed by atoms with E-state index in [1.54, 1.807) is 0 Å². The molecule has 1 amide bonds. The third-order valence-corrected chi connectivity index (χ3v) is 4.05. The van der Waals surface area contributed by atoms with Crippen molar-refractivity contribution >= 4 is 5.91 Å². The van der Waals surface area contributed by atoms with Crippen molar-refractivity contribution in [2.24, 2.45) is 0 Å². The monoisotopic (exact) mass is 342 g/mol. The van der Waals surface area contributed by atoms with Gasteiger partial charge in [-0.25, -0.2) is 0 Å². The molecule has 3 N–H and O–H groups in total. The molecule has 2 aromatic rings. The SMILES string of the molecule is Cc1cccc(OCCNC(=O)CNC(C)(CO)c2ccccc2)c1. The number of rotatable bonds is 9. The molecular formula is C20H26N2O3. The van der Waals surface area contributed by atoms with E-state index in [0.29, 0.717) is 13.2 Å². The molecule has 0 saturated carbocycles. The van der Waals surface area contributed by atoms with E-state index in [2.05, 4.69) is 10.6 Å². The Bertz CT molecular complexity index is 676. The van der Waals surface area contributed by atoms with Crippen LogP contribution >= 0.6 is 0 Å². The fourth-order valence-corrected chi connectivity index (χ4v) is 2.46. The molecule has 0 radical (unpaired) electrons. The molecule has 0 aromatic heterocycles. The van der Waals surface area contributed by atoms with Crippen LogP contribution in [0.2, 0.25) is 0 Å². The van der Waals surface area contributed by atoms with Crippen LogP contribution in [0.15, 0.2) is 54.6 Å². The van der Waals surface area contributed by atoms with Gasteiger partial charge in [-0.15, -0.1) is 0 Å². The molecule has 0 fully saturated rings. The topological polar surface area (TPSA) is 70.6 Å². The minimum Gasteiger partial charge on any atom is -0.492 e. The highest BCUT2D eigenvalue weighted by atomic mass is 16.5. The van der Waals surface area contributed by atoms with Crippen molar-refractivity contribution in [3.63, 3.8) is 0 Å². The minimum atomic E-state index is -0.656. The van der Waals surface area contributed by atoms with Gasteiger partial charge >= 0.3 is 0 Å². The zero-order valence-electron chi connectivity index (χ0n) is 14.8. The van der Waals surface area contributed by atoms with Crippen LogP contribution in [-0.2, 0) is 10.3 Å². The summed E-state index contributed by atoms with van der Waals surface area (Å²) in [7, 11) is 0. The van der Waals surface area contributed by atoms with Crippen LogP contribution in [-0.4, -0.2) is 37.3 Å². The Morgan fingerprint density at radius 2 is 1.92 bits per heavy atom. The van der Waals surface area contributed by atoms with Crippen molar-refractivity contribution in [3.05, 3.63) is 65.7 Å². The number of hydrogen-bond acceptors (Lipinski definition) is 4. The number of aliphatic hydroxyl groups is 1. The first kappa shape index (κ1) is 19.0. The molecule has 1 atom stereocenters. The fourth-order valence-electron chi connectivity index (χ4n) is 2.46. The average Bonchev–Trinajstić information content (AvgIpc) is 2.64. The third-order valence-electron chi connectivity index (χ3n) is 4.05. The van der Waals surface area contributed by atoms with Gasteiger partial charge in [-0.05, 0) is 37.1 Å². The van der Waals surface area contributed by atoms with Crippen molar-refractivity contribution < 1.29 is 14.6 Å². The molecule has 0 saturated heterocycles. The third kappa shape index (κ3) is 5.89. The van der Waals surface area contributed by atoms with Gasteiger partial charge in [0.1, 0.15) is 12.4 Å². The Balaban J connectivity index is 1.73. The number of amides is 1. The summed E-state index contributed by atoms with van der Waals surface area (Å²) in [6.45, 7) is 4.74. The van der Waals surface area contributed by atoms with Gasteiger partial charge < -0.3 is 15.2 Å². The van der Waals surface area contributed by atoms with E-state index >= 15 is 0 Å². The van der Waals surface area contributed by atoms with Gasteiger partial charge in [0.2, 0.25) is 5.91 Å². The van der Waals surface area contributed by atoms with E-state index in [1.165, 1.54) is 0 Å². The summed E-state index contributed by atoms with van der Waals surface area (Å²) >= 11 is 0. The molecule has 0 heterocycles. The van der Waals surface area contributed by atoms with Gasteiger partial charge in [0, 0.05) is 0 Å². The second-order valence-electron chi connectivity index (χ2n) is 6.22. The van der Waals surface area contributed by atoms with E-state index in [0.717, 1.165) is 16.9 Å². The van der Waals surface area contributed by atoms with Gasteiger partial charge in [-0.2, -0.15) is 0 Å². The Morgan fingerprint density at radius 3 is 2.60 bits per heavy atom. The maximum absolute atomic E-state index is 12.0. The first-order valence-electron chi connectivity index (χ1n) is 8.41. The number of benzene rings is 2. The molecule has 0 aliphatic heterocycles. The molecular weight excluding hydrogens is 316 g/mol. The van der Waals surface area contributed by atoms with Crippen LogP contribution in [0.5, 0.6) is 5.75 Å². The molecule has 1 unspecified atom stereocenters. The Labute approximate surface area is 149 Å². The Hall–Kier alpha value is -2.37. The van der Waals surface area contributed by atoms with E-state index < -0.39 is 5.54 Å². The Kier molecular flexibility index (Phi) is 6.98. The van der Waals surface area contributed by atoms with Crippen molar-refractivity contribution in [2.75, 3.05) is 26.3 Å². The quantitative estimate of drug-likeness (QED) is 0.610. The van der Waals surface area contributed by atoms with Crippen LogP contribution in [0, 0.1) is 6.92 Å². The summed E-state index contributed by atoms with van der Waals surface area (Å²) in [4.78, 5) is 12.0. The molecule has 134 valence electrons. The predicted molar refractivity (Wildman–Crippen MR) is 98.6 cm³/mol. The van der Waals surface area contributed by atoms with E-state index in [9.17, 15) is 9.90 Å². The molecule has 0 aliphatic rings. The Morgan fingerprint density at radius 1 is 1.16 bits per heavy atom. The largest absolute Gasteiger partial charge is 0.492 e. The molecule has 2 rings (SSSR count). The maximum Gasteiger partial charge on any atom is 0.234 e. The van der Waals surface area contributed by atoms with E-state index in [4.69, 9.17) is 4.74 Å². The zero-order valence-corrected chi connectivity index (χ0v) is 14.8. The first-order valence-corrected chi connectivity index (χ1v) is 8.41. The van der Waals surface area contributed by atoms with Crippen molar-refractivity contribution in [3.8, 4) is 5.75 Å². The van der Waals surface area contributed by atoms with Crippen molar-refractivity contribution in [1.29, 1.82) is 0 Å². The standard InChI is InChI=1S/C20H26N2O3/c1-16-7-6-10-18(13-16)25-12-11-21-19(24)14-22-20(2,15-23)17-8-4-3-5-9-17/h3-10,13,22-23H,11-12,14-15H2,1-2H3,(H,21,24). The molecule has 0 aliphatic carbocycles. The molecule has 25 heavy (non-hydrogen) atoms. The van der Waals surface area contributed by atoms with E-state index in [-0.39, 0.29) is 19.1 Å². The van der Waals surface area contributed by atoms with Crippen molar-refractivity contribution in [2.45, 2.75) is 19.4 Å². The van der Waals surface area contributed by atoms with Crippen LogP contribution < -0.4 is 15.4 Å². The lowest BCUT2D eigenvalue weighted by molar-refractivity contribution is -0.120. The highest BCUT2D eigenvalue weighted by Crippen LogP contribution is 2.19. The number of hydrogen-bond donors (Lipinski definition) is 3. The van der Waals surface area contributed by atoms with Crippen LogP contribution in [0.1, 0.15) is 18.1 Å². The smallest absolute Gasteiger partial charge is 0.234 e. The number of aryl methyl sites for hydroxylation is 1. The second kappa shape index (κ2) is 9.20. The molecule has 0 spiro atoms. The summed E-state index contributed by atoms with van der Waals surface area (Å²) in [6, 6.07) is 17.4. The van der Waals surface area contributed by atoms with Crippen LogP contribution in [0.3, 0.4) is 0 Å². The lowest BCUT2D eigenvalue weighted by atomic mass is 9.93. The number of carbonyl (C=O) groups is 1. The van der Waals surface area contributed by atoms with Gasteiger partial charge in [0.25, 0.3) is 0 Å². The summed E-state index contributed by atoms with van der Waals surface area (Å²) in [6.07, 6.45) is 0. The summed E-state index contributed by atoms with van der Waals surface area (Å²) in [5.74, 6) is 0.660. The van der Waals surface area contributed by atoms with Gasteiger partial charge in [0.15, 0.2) is 0 Å². The zero-order chi connectivity index (χ0) is 18.1. The summed E-state index contributed by atoms with van der Waals surface area (Å²) in [5, 5.41) is 15.6. The maximum atomic E-state index is 12.0. The molecule has 2 aromatic carbocycles. The minimum absolute atomic E-state index is 0.0965. The van der Waals surface area contributed by atoms with Crippen LogP contribution in [0.25, 0.3) is 0 Å². The number of aliphatic hydroxyl groups excluding tert-OH is 1. The average molecular weight is 342 g/mol.